The molecule has 90 valence electrons. The standard InChI is InChI=1S/C14H15FOS/c1-3-11-7-8-12(17-11)9-16-13-6-4-5-10(2)14(13)15/h4-8H,3,9H2,1-2H3. The van der Waals surface area contributed by atoms with Gasteiger partial charge in [-0.25, -0.2) is 4.39 Å². The van der Waals surface area contributed by atoms with Crippen LogP contribution >= 0.6 is 11.3 Å². The van der Waals surface area contributed by atoms with Crippen LogP contribution in [0.4, 0.5) is 4.39 Å². The Hall–Kier alpha value is -1.35. The average molecular weight is 250 g/mol. The number of aryl methyl sites for hydroxylation is 2. The van der Waals surface area contributed by atoms with Gasteiger partial charge in [-0.05, 0) is 37.1 Å². The molecule has 0 amide bonds. The van der Waals surface area contributed by atoms with Gasteiger partial charge in [-0.2, -0.15) is 0 Å². The molecule has 0 fully saturated rings. The molecule has 1 nitrogen and oxygen atoms in total. The Kier molecular flexibility index (Phi) is 3.79. The van der Waals surface area contributed by atoms with E-state index in [9.17, 15) is 4.39 Å². The Morgan fingerprint density at radius 1 is 1.18 bits per heavy atom. The summed E-state index contributed by atoms with van der Waals surface area (Å²) >= 11 is 1.71. The summed E-state index contributed by atoms with van der Waals surface area (Å²) in [6.07, 6.45) is 1.03. The molecule has 0 spiro atoms. The normalized spacial score (nSPS) is 10.5. The van der Waals surface area contributed by atoms with Gasteiger partial charge in [0, 0.05) is 9.75 Å². The summed E-state index contributed by atoms with van der Waals surface area (Å²) < 4.78 is 19.2. The Morgan fingerprint density at radius 3 is 2.65 bits per heavy atom. The van der Waals surface area contributed by atoms with Crippen molar-refractivity contribution in [3.8, 4) is 5.75 Å². The highest BCUT2D eigenvalue weighted by molar-refractivity contribution is 7.11. The summed E-state index contributed by atoms with van der Waals surface area (Å²) in [5.41, 5.74) is 0.614. The van der Waals surface area contributed by atoms with Gasteiger partial charge in [0.2, 0.25) is 0 Å². The molecule has 0 aliphatic rings. The highest BCUT2D eigenvalue weighted by Gasteiger charge is 2.06. The first-order chi connectivity index (χ1) is 8.20. The number of ether oxygens (including phenoxy) is 1. The van der Waals surface area contributed by atoms with Crippen molar-refractivity contribution in [2.45, 2.75) is 26.9 Å². The second-order valence-corrected chi connectivity index (χ2v) is 5.15. The van der Waals surface area contributed by atoms with Gasteiger partial charge in [-0.1, -0.05) is 19.1 Å². The van der Waals surface area contributed by atoms with Crippen molar-refractivity contribution in [3.05, 3.63) is 51.5 Å². The van der Waals surface area contributed by atoms with E-state index < -0.39 is 0 Å². The molecule has 0 atom stereocenters. The van der Waals surface area contributed by atoms with Gasteiger partial charge in [-0.15, -0.1) is 11.3 Å². The molecule has 1 aromatic carbocycles. The SMILES string of the molecule is CCc1ccc(COc2cccc(C)c2F)s1. The summed E-state index contributed by atoms with van der Waals surface area (Å²) in [5, 5.41) is 0. The van der Waals surface area contributed by atoms with E-state index >= 15 is 0 Å². The first kappa shape index (κ1) is 12.1. The van der Waals surface area contributed by atoms with E-state index in [2.05, 4.69) is 13.0 Å². The molecule has 2 rings (SSSR count). The fourth-order valence-electron chi connectivity index (χ4n) is 1.57. The van der Waals surface area contributed by atoms with Gasteiger partial charge >= 0.3 is 0 Å². The maximum atomic E-state index is 13.7. The number of hydrogen-bond acceptors (Lipinski definition) is 2. The topological polar surface area (TPSA) is 9.23 Å². The van der Waals surface area contributed by atoms with Gasteiger partial charge in [0.15, 0.2) is 11.6 Å². The Morgan fingerprint density at radius 2 is 1.94 bits per heavy atom. The van der Waals surface area contributed by atoms with Crippen molar-refractivity contribution in [3.63, 3.8) is 0 Å². The monoisotopic (exact) mass is 250 g/mol. The van der Waals surface area contributed by atoms with Crippen LogP contribution in [0.2, 0.25) is 0 Å². The third kappa shape index (κ3) is 2.86. The Bertz CT molecular complexity index is 505. The average Bonchev–Trinajstić information content (AvgIpc) is 2.79. The fourth-order valence-corrected chi connectivity index (χ4v) is 2.44. The van der Waals surface area contributed by atoms with Crippen LogP contribution in [-0.2, 0) is 13.0 Å². The molecule has 1 heterocycles. The minimum atomic E-state index is -0.264. The third-order valence-electron chi connectivity index (χ3n) is 2.59. The predicted molar refractivity (Wildman–Crippen MR) is 69.2 cm³/mol. The van der Waals surface area contributed by atoms with Crippen molar-refractivity contribution < 1.29 is 9.13 Å². The van der Waals surface area contributed by atoms with Crippen LogP contribution in [0, 0.1) is 12.7 Å². The number of halogens is 1. The van der Waals surface area contributed by atoms with E-state index in [1.54, 1.807) is 36.5 Å². The number of benzene rings is 1. The van der Waals surface area contributed by atoms with E-state index in [-0.39, 0.29) is 5.82 Å². The van der Waals surface area contributed by atoms with Gasteiger partial charge < -0.3 is 4.74 Å². The third-order valence-corrected chi connectivity index (χ3v) is 3.80. The van der Waals surface area contributed by atoms with Crippen LogP contribution in [0.1, 0.15) is 22.2 Å². The van der Waals surface area contributed by atoms with Gasteiger partial charge in [0.05, 0.1) is 0 Å². The molecule has 1 aromatic heterocycles. The van der Waals surface area contributed by atoms with E-state index in [4.69, 9.17) is 4.74 Å². The van der Waals surface area contributed by atoms with Crippen molar-refractivity contribution in [2.75, 3.05) is 0 Å². The number of hydrogen-bond donors (Lipinski definition) is 0. The maximum absolute atomic E-state index is 13.7. The van der Waals surface area contributed by atoms with E-state index in [0.29, 0.717) is 17.9 Å². The van der Waals surface area contributed by atoms with Gasteiger partial charge in [-0.3, -0.25) is 0 Å². The predicted octanol–water partition coefficient (Wildman–Crippen LogP) is 4.34. The van der Waals surface area contributed by atoms with Crippen LogP contribution in [0.15, 0.2) is 30.3 Å². The molecule has 0 saturated heterocycles. The first-order valence-electron chi connectivity index (χ1n) is 5.66. The number of rotatable bonds is 4. The molecule has 0 N–H and O–H groups in total. The molecular formula is C14H15FOS. The quantitative estimate of drug-likeness (QED) is 0.784. The summed E-state index contributed by atoms with van der Waals surface area (Å²) in [6, 6.07) is 9.34. The molecular weight excluding hydrogens is 235 g/mol. The summed E-state index contributed by atoms with van der Waals surface area (Å²) in [7, 11) is 0. The van der Waals surface area contributed by atoms with Crippen molar-refractivity contribution in [1.29, 1.82) is 0 Å². The largest absolute Gasteiger partial charge is 0.485 e. The molecule has 0 aliphatic carbocycles. The van der Waals surface area contributed by atoms with Crippen LogP contribution < -0.4 is 4.74 Å². The van der Waals surface area contributed by atoms with Crippen LogP contribution in [0.3, 0.4) is 0 Å². The van der Waals surface area contributed by atoms with E-state index in [0.717, 1.165) is 11.3 Å². The summed E-state index contributed by atoms with van der Waals surface area (Å²) in [4.78, 5) is 2.45. The van der Waals surface area contributed by atoms with Crippen LogP contribution in [0.25, 0.3) is 0 Å². The molecule has 17 heavy (non-hydrogen) atoms. The second kappa shape index (κ2) is 5.32. The highest BCUT2D eigenvalue weighted by Crippen LogP contribution is 2.23. The lowest BCUT2D eigenvalue weighted by Crippen LogP contribution is -1.96. The first-order valence-corrected chi connectivity index (χ1v) is 6.48. The lowest BCUT2D eigenvalue weighted by Gasteiger charge is -2.07. The van der Waals surface area contributed by atoms with Crippen LogP contribution in [0.5, 0.6) is 5.75 Å². The van der Waals surface area contributed by atoms with Crippen molar-refractivity contribution in [2.24, 2.45) is 0 Å². The second-order valence-electron chi connectivity index (χ2n) is 3.90. The molecule has 0 unspecified atom stereocenters. The zero-order chi connectivity index (χ0) is 12.3. The smallest absolute Gasteiger partial charge is 0.167 e. The van der Waals surface area contributed by atoms with E-state index in [1.807, 2.05) is 6.07 Å². The molecule has 0 aliphatic heterocycles. The van der Waals surface area contributed by atoms with E-state index in [1.165, 1.54) is 4.88 Å². The fraction of sp³-hybridized carbons (Fsp3) is 0.286. The number of thiophene rings is 1. The minimum Gasteiger partial charge on any atom is -0.485 e. The van der Waals surface area contributed by atoms with Crippen LogP contribution in [-0.4, -0.2) is 0 Å². The molecule has 2 aromatic rings. The Labute approximate surface area is 105 Å². The van der Waals surface area contributed by atoms with Crippen molar-refractivity contribution >= 4 is 11.3 Å². The summed E-state index contributed by atoms with van der Waals surface area (Å²) in [5.74, 6) is 0.0659. The summed E-state index contributed by atoms with van der Waals surface area (Å²) in [6.45, 7) is 4.30. The molecule has 0 radical (unpaired) electrons. The van der Waals surface area contributed by atoms with Gasteiger partial charge in [0.25, 0.3) is 0 Å². The molecule has 0 bridgehead atoms. The highest BCUT2D eigenvalue weighted by atomic mass is 32.1. The Balaban J connectivity index is 2.04. The lowest BCUT2D eigenvalue weighted by molar-refractivity contribution is 0.293. The molecule has 0 saturated carbocycles. The molecule has 3 heteroatoms. The van der Waals surface area contributed by atoms with Crippen molar-refractivity contribution in [1.82, 2.24) is 0 Å². The maximum Gasteiger partial charge on any atom is 0.167 e. The zero-order valence-corrected chi connectivity index (χ0v) is 10.8. The zero-order valence-electron chi connectivity index (χ0n) is 10.00. The van der Waals surface area contributed by atoms with Gasteiger partial charge in [0.1, 0.15) is 6.61 Å². The lowest BCUT2D eigenvalue weighted by atomic mass is 10.2. The minimum absolute atomic E-state index is 0.264.